The summed E-state index contributed by atoms with van der Waals surface area (Å²) in [5.74, 6) is -3.27. The minimum atomic E-state index is -5.25. The molecule has 1 rings (SSSR count). The fraction of sp³-hybridized carbons (Fsp3) is 0.286. The van der Waals surface area contributed by atoms with E-state index in [4.69, 9.17) is 0 Å². The number of aromatic nitrogens is 1. The normalized spacial score (nSPS) is 12.7. The fourth-order valence-electron chi connectivity index (χ4n) is 0.853. The van der Waals surface area contributed by atoms with Gasteiger partial charge in [-0.1, -0.05) is 0 Å². The van der Waals surface area contributed by atoms with Gasteiger partial charge in [0.1, 0.15) is 0 Å². The first-order chi connectivity index (χ1) is 7.50. The molecular weight excluding hydrogens is 327 g/mol. The van der Waals surface area contributed by atoms with Gasteiger partial charge in [0.05, 0.1) is 10.0 Å². The monoisotopic (exact) mass is 327 g/mol. The first-order valence-corrected chi connectivity index (χ1v) is 4.49. The summed E-state index contributed by atoms with van der Waals surface area (Å²) >= 11 is 2.24. The molecule has 2 nitrogen and oxygen atoms in total. The largest absolute Gasteiger partial charge is 0.574 e. The van der Waals surface area contributed by atoms with E-state index in [1.54, 1.807) is 0 Å². The molecule has 1 heterocycles. The average molecular weight is 328 g/mol. The zero-order chi connectivity index (χ0) is 13.4. The van der Waals surface area contributed by atoms with Crippen molar-refractivity contribution in [1.82, 2.24) is 4.98 Å². The van der Waals surface area contributed by atoms with Gasteiger partial charge in [-0.2, -0.15) is 22.5 Å². The molecule has 0 radical (unpaired) electrons. The highest BCUT2D eigenvalue weighted by Gasteiger charge is 2.38. The van der Waals surface area contributed by atoms with E-state index in [0.717, 1.165) is 0 Å². The van der Waals surface area contributed by atoms with E-state index in [1.807, 2.05) is 0 Å². The Morgan fingerprint density at radius 3 is 2.06 bits per heavy atom. The number of halogens is 8. The molecule has 0 fully saturated rings. The van der Waals surface area contributed by atoms with Crippen LogP contribution < -0.4 is 4.74 Å². The van der Waals surface area contributed by atoms with Crippen molar-refractivity contribution in [3.05, 3.63) is 22.1 Å². The molecule has 0 amide bonds. The maximum absolute atomic E-state index is 12.8. The van der Waals surface area contributed by atoms with Crippen LogP contribution in [0.3, 0.4) is 0 Å². The third-order valence-corrected chi connectivity index (χ3v) is 2.17. The van der Waals surface area contributed by atoms with Gasteiger partial charge >= 0.3 is 12.5 Å². The molecule has 1 aromatic rings. The predicted octanol–water partition coefficient (Wildman–Crippen LogP) is 3.90. The van der Waals surface area contributed by atoms with Crippen LogP contribution in [0, 0.1) is 5.95 Å². The summed E-state index contributed by atoms with van der Waals surface area (Å²) in [7, 11) is 0. The number of nitrogens with zero attached hydrogens (tertiary/aromatic N) is 1. The molecule has 96 valence electrons. The summed E-state index contributed by atoms with van der Waals surface area (Å²) in [5.41, 5.74) is -1.65. The van der Waals surface area contributed by atoms with E-state index < -0.39 is 34.4 Å². The highest BCUT2D eigenvalue weighted by atomic mass is 79.9. The molecule has 0 aliphatic heterocycles. The molecule has 0 aliphatic carbocycles. The standard InChI is InChI=1S/C7HBrF7NO/c8-4-2(6(10,11)12)1-3(16-5(4)9)17-7(13,14)15/h1H. The van der Waals surface area contributed by atoms with Crippen LogP contribution >= 0.6 is 15.9 Å². The first-order valence-electron chi connectivity index (χ1n) is 3.69. The van der Waals surface area contributed by atoms with Crippen LogP contribution in [0.1, 0.15) is 5.56 Å². The van der Waals surface area contributed by atoms with Crippen LogP contribution in [0.2, 0.25) is 0 Å². The molecule has 0 atom stereocenters. The lowest BCUT2D eigenvalue weighted by Gasteiger charge is -2.12. The number of alkyl halides is 6. The van der Waals surface area contributed by atoms with Crippen molar-refractivity contribution in [3.8, 4) is 5.88 Å². The van der Waals surface area contributed by atoms with Gasteiger partial charge in [-0.15, -0.1) is 13.2 Å². The number of ether oxygens (including phenoxy) is 1. The maximum atomic E-state index is 12.8. The van der Waals surface area contributed by atoms with Crippen LogP contribution in [0.25, 0.3) is 0 Å². The number of hydrogen-bond acceptors (Lipinski definition) is 2. The third-order valence-electron chi connectivity index (χ3n) is 1.42. The molecule has 0 saturated heterocycles. The smallest absolute Gasteiger partial charge is 0.388 e. The van der Waals surface area contributed by atoms with E-state index in [0.29, 0.717) is 0 Å². The number of hydrogen-bond donors (Lipinski definition) is 0. The van der Waals surface area contributed by atoms with Crippen LogP contribution in [0.5, 0.6) is 5.88 Å². The summed E-state index contributed by atoms with van der Waals surface area (Å²) in [6.07, 6.45) is -10.3. The van der Waals surface area contributed by atoms with Crippen LogP contribution in [-0.4, -0.2) is 11.3 Å². The van der Waals surface area contributed by atoms with Crippen LogP contribution in [0.4, 0.5) is 30.7 Å². The molecule has 0 spiro atoms. The first kappa shape index (κ1) is 14.0. The Hall–Kier alpha value is -1.06. The minimum Gasteiger partial charge on any atom is -0.388 e. The summed E-state index contributed by atoms with van der Waals surface area (Å²) in [6.45, 7) is 0. The fourth-order valence-corrected chi connectivity index (χ4v) is 1.28. The Kier molecular flexibility index (Phi) is 3.55. The van der Waals surface area contributed by atoms with Crippen molar-refractivity contribution in [2.75, 3.05) is 0 Å². The lowest BCUT2D eigenvalue weighted by Crippen LogP contribution is -2.19. The maximum Gasteiger partial charge on any atom is 0.574 e. The van der Waals surface area contributed by atoms with E-state index in [-0.39, 0.29) is 6.07 Å². The van der Waals surface area contributed by atoms with Gasteiger partial charge in [0.2, 0.25) is 11.8 Å². The van der Waals surface area contributed by atoms with Gasteiger partial charge < -0.3 is 4.74 Å². The van der Waals surface area contributed by atoms with Crippen molar-refractivity contribution >= 4 is 15.9 Å². The lowest BCUT2D eigenvalue weighted by atomic mass is 10.2. The lowest BCUT2D eigenvalue weighted by molar-refractivity contribution is -0.276. The van der Waals surface area contributed by atoms with E-state index in [1.165, 1.54) is 0 Å². The Balaban J connectivity index is 3.25. The van der Waals surface area contributed by atoms with E-state index in [2.05, 4.69) is 25.7 Å². The second-order valence-electron chi connectivity index (χ2n) is 2.66. The molecule has 0 bridgehead atoms. The summed E-state index contributed by atoms with van der Waals surface area (Å²) in [5, 5.41) is 0. The summed E-state index contributed by atoms with van der Waals surface area (Å²) in [4.78, 5) is 2.58. The second-order valence-corrected chi connectivity index (χ2v) is 3.45. The van der Waals surface area contributed by atoms with Gasteiger partial charge in [-0.05, 0) is 15.9 Å². The average Bonchev–Trinajstić information content (AvgIpc) is 2.06. The Morgan fingerprint density at radius 2 is 1.65 bits per heavy atom. The zero-order valence-electron chi connectivity index (χ0n) is 7.46. The Labute approximate surface area is 97.5 Å². The third kappa shape index (κ3) is 3.72. The highest BCUT2D eigenvalue weighted by molar-refractivity contribution is 9.10. The van der Waals surface area contributed by atoms with E-state index in [9.17, 15) is 30.7 Å². The Morgan fingerprint density at radius 1 is 1.12 bits per heavy atom. The van der Waals surface area contributed by atoms with Crippen molar-refractivity contribution < 1.29 is 35.5 Å². The molecule has 0 aromatic carbocycles. The highest BCUT2D eigenvalue weighted by Crippen LogP contribution is 2.38. The van der Waals surface area contributed by atoms with E-state index >= 15 is 0 Å². The molecule has 10 heteroatoms. The van der Waals surface area contributed by atoms with Gasteiger partial charge in [0.25, 0.3) is 0 Å². The molecule has 0 saturated carbocycles. The number of rotatable bonds is 1. The van der Waals surface area contributed by atoms with Gasteiger partial charge in [-0.3, -0.25) is 0 Å². The topological polar surface area (TPSA) is 22.1 Å². The minimum absolute atomic E-state index is 0.0549. The summed E-state index contributed by atoms with van der Waals surface area (Å²) in [6, 6.07) is -0.0549. The molecule has 0 aliphatic rings. The molecule has 0 unspecified atom stereocenters. The summed E-state index contributed by atoms with van der Waals surface area (Å²) < 4.78 is 86.9. The molecular formula is C7HBrF7NO. The van der Waals surface area contributed by atoms with Crippen molar-refractivity contribution in [1.29, 1.82) is 0 Å². The molecule has 17 heavy (non-hydrogen) atoms. The van der Waals surface area contributed by atoms with Gasteiger partial charge in [0.15, 0.2) is 0 Å². The quantitative estimate of drug-likeness (QED) is 0.576. The molecule has 0 N–H and O–H groups in total. The van der Waals surface area contributed by atoms with Crippen LogP contribution in [-0.2, 0) is 6.18 Å². The van der Waals surface area contributed by atoms with Crippen molar-refractivity contribution in [2.24, 2.45) is 0 Å². The van der Waals surface area contributed by atoms with Gasteiger partial charge in [-0.25, -0.2) is 0 Å². The predicted molar refractivity (Wildman–Crippen MR) is 43.6 cm³/mol. The number of pyridine rings is 1. The van der Waals surface area contributed by atoms with Gasteiger partial charge in [0, 0.05) is 6.07 Å². The Bertz CT molecular complexity index is 427. The van der Waals surface area contributed by atoms with Crippen molar-refractivity contribution in [2.45, 2.75) is 12.5 Å². The second kappa shape index (κ2) is 4.31. The molecule has 1 aromatic heterocycles. The SMILES string of the molecule is Fc1nc(OC(F)(F)F)cc(C(F)(F)F)c1Br. The van der Waals surface area contributed by atoms with Crippen LogP contribution in [0.15, 0.2) is 10.5 Å². The zero-order valence-corrected chi connectivity index (χ0v) is 9.04. The van der Waals surface area contributed by atoms with Crippen molar-refractivity contribution in [3.63, 3.8) is 0 Å².